The van der Waals surface area contributed by atoms with Gasteiger partial charge in [0.05, 0.1) is 0 Å². The van der Waals surface area contributed by atoms with E-state index >= 15 is 0 Å². The lowest BCUT2D eigenvalue weighted by molar-refractivity contribution is 0.991. The van der Waals surface area contributed by atoms with Crippen LogP contribution in [0.5, 0.6) is 0 Å². The van der Waals surface area contributed by atoms with Crippen LogP contribution in [0.15, 0.2) is 200 Å². The SMILES string of the molecule is C1=Cc2c(c(-c3ccc4sc5cc(-c6c7ccccc7c(-c7cccc8c7sc7ccccc78)c7ccccc67)ccc5c4c3)c3ccccc3c2-c2cccc3c2sc2ccccc23)CC1. The molecule has 0 nitrogen and oxygen atoms in total. The van der Waals surface area contributed by atoms with Crippen LogP contribution in [0.3, 0.4) is 0 Å². The summed E-state index contributed by atoms with van der Waals surface area (Å²) < 4.78 is 8.04. The van der Waals surface area contributed by atoms with E-state index in [0.717, 1.165) is 12.8 Å². The summed E-state index contributed by atoms with van der Waals surface area (Å²) >= 11 is 5.75. The minimum Gasteiger partial charge on any atom is -0.135 e. The summed E-state index contributed by atoms with van der Waals surface area (Å²) in [6.07, 6.45) is 6.87. The zero-order valence-corrected chi connectivity index (χ0v) is 38.7. The Morgan fingerprint density at radius 1 is 0.299 bits per heavy atom. The molecular formula is C64H38S3. The van der Waals surface area contributed by atoms with Crippen LogP contribution in [0.1, 0.15) is 17.5 Å². The molecule has 0 saturated heterocycles. The third kappa shape index (κ3) is 5.51. The molecule has 0 amide bonds. The predicted molar refractivity (Wildman–Crippen MR) is 297 cm³/mol. The first-order chi connectivity index (χ1) is 33.2. The maximum atomic E-state index is 2.49. The Kier molecular flexibility index (Phi) is 8.20. The summed E-state index contributed by atoms with van der Waals surface area (Å²) in [5.41, 5.74) is 13.4. The van der Waals surface area contributed by atoms with Crippen LogP contribution in [0, 0.1) is 0 Å². The van der Waals surface area contributed by atoms with Gasteiger partial charge in [-0.25, -0.2) is 0 Å². The highest BCUT2D eigenvalue weighted by Crippen LogP contribution is 2.51. The maximum Gasteiger partial charge on any atom is 0.0434 e. The van der Waals surface area contributed by atoms with Gasteiger partial charge < -0.3 is 0 Å². The summed E-state index contributed by atoms with van der Waals surface area (Å²) in [6, 6.07) is 73.3. The van der Waals surface area contributed by atoms with Gasteiger partial charge >= 0.3 is 0 Å². The molecule has 1 aliphatic carbocycles. The summed E-state index contributed by atoms with van der Waals surface area (Å²) in [6.45, 7) is 0. The van der Waals surface area contributed by atoms with Gasteiger partial charge in [0, 0.05) is 71.6 Å². The Balaban J connectivity index is 0.912. The zero-order chi connectivity index (χ0) is 43.7. The number of rotatable bonds is 4. The Bertz CT molecular complexity index is 4400. The number of fused-ring (bicyclic) bond motifs is 13. The monoisotopic (exact) mass is 902 g/mol. The Morgan fingerprint density at radius 3 is 1.39 bits per heavy atom. The van der Waals surface area contributed by atoms with Crippen LogP contribution in [-0.4, -0.2) is 0 Å². The van der Waals surface area contributed by atoms with Gasteiger partial charge in [0.2, 0.25) is 0 Å². The van der Waals surface area contributed by atoms with Crippen LogP contribution < -0.4 is 0 Å². The van der Waals surface area contributed by atoms with Crippen LogP contribution in [0.25, 0.3) is 143 Å². The fourth-order valence-electron chi connectivity index (χ4n) is 11.7. The van der Waals surface area contributed by atoms with Gasteiger partial charge in [-0.15, -0.1) is 34.0 Å². The molecule has 0 unspecified atom stereocenters. The third-order valence-corrected chi connectivity index (χ3v) is 18.1. The molecule has 0 radical (unpaired) electrons. The van der Waals surface area contributed by atoms with Crippen LogP contribution in [0.2, 0.25) is 0 Å². The van der Waals surface area contributed by atoms with E-state index in [1.165, 1.54) is 148 Å². The molecule has 0 bridgehead atoms. The highest BCUT2D eigenvalue weighted by Gasteiger charge is 2.25. The van der Waals surface area contributed by atoms with Crippen LogP contribution in [-0.2, 0) is 6.42 Å². The molecule has 3 heteroatoms. The average Bonchev–Trinajstić information content (AvgIpc) is 4.08. The first-order valence-electron chi connectivity index (χ1n) is 23.2. The van der Waals surface area contributed by atoms with Gasteiger partial charge in [-0.3, -0.25) is 0 Å². The molecule has 0 saturated carbocycles. The van der Waals surface area contributed by atoms with Gasteiger partial charge in [-0.1, -0.05) is 176 Å². The van der Waals surface area contributed by atoms with Crippen molar-refractivity contribution in [3.8, 4) is 44.5 Å². The summed E-state index contributed by atoms with van der Waals surface area (Å²) in [5, 5.41) is 15.8. The lowest BCUT2D eigenvalue weighted by atomic mass is 9.80. The number of benzene rings is 11. The van der Waals surface area contributed by atoms with E-state index in [0.29, 0.717) is 0 Å². The molecule has 15 rings (SSSR count). The maximum absolute atomic E-state index is 2.49. The van der Waals surface area contributed by atoms with Crippen molar-refractivity contribution in [2.45, 2.75) is 12.8 Å². The first-order valence-corrected chi connectivity index (χ1v) is 25.7. The Hall–Kier alpha value is -7.40. The van der Waals surface area contributed by atoms with Crippen molar-refractivity contribution < 1.29 is 0 Å². The molecular weight excluding hydrogens is 865 g/mol. The normalized spacial score (nSPS) is 12.9. The second kappa shape index (κ2) is 14.5. The van der Waals surface area contributed by atoms with Crippen molar-refractivity contribution in [3.63, 3.8) is 0 Å². The molecule has 14 aromatic rings. The number of hydrogen-bond donors (Lipinski definition) is 0. The second-order valence-corrected chi connectivity index (χ2v) is 21.2. The largest absolute Gasteiger partial charge is 0.135 e. The standard InChI is InChI=1S/C64H38S3/c1-5-21-46-42(17-1)59(43-18-2-6-22-47(43)61(46)52-27-13-25-50-39-15-9-11-29-55(39)66-63(50)52)37-32-34-57-54(35-37)41-33-31-38(36-58(41)65-57)60-44-19-3-7-23-48(44)62(49-24-8-4-20-45(49)60)53-28-14-26-51-40-16-10-12-30-56(40)67-64(51)53/h1,3-17,19-36H,2,18H2. The lowest BCUT2D eigenvalue weighted by Gasteiger charge is -2.24. The van der Waals surface area contributed by atoms with Crippen LogP contribution >= 0.6 is 34.0 Å². The number of hydrogen-bond acceptors (Lipinski definition) is 3. The molecule has 0 fully saturated rings. The Labute approximate surface area is 398 Å². The molecule has 1 aliphatic rings. The molecule has 67 heavy (non-hydrogen) atoms. The topological polar surface area (TPSA) is 0 Å². The molecule has 312 valence electrons. The van der Waals surface area contributed by atoms with E-state index in [9.17, 15) is 0 Å². The molecule has 3 aromatic heterocycles. The molecule has 11 aromatic carbocycles. The van der Waals surface area contributed by atoms with Crippen molar-refractivity contribution >= 4 is 133 Å². The van der Waals surface area contributed by atoms with E-state index in [2.05, 4.69) is 206 Å². The molecule has 0 spiro atoms. The van der Waals surface area contributed by atoms with Gasteiger partial charge in [0.15, 0.2) is 0 Å². The summed E-state index contributed by atoms with van der Waals surface area (Å²) in [4.78, 5) is 0. The third-order valence-electron chi connectivity index (χ3n) is 14.5. The lowest BCUT2D eigenvalue weighted by Crippen LogP contribution is -2.02. The number of allylic oxidation sites excluding steroid dienone is 1. The van der Waals surface area contributed by atoms with E-state index in [1.54, 1.807) is 0 Å². The van der Waals surface area contributed by atoms with E-state index < -0.39 is 0 Å². The smallest absolute Gasteiger partial charge is 0.0434 e. The number of thiophene rings is 3. The van der Waals surface area contributed by atoms with Gasteiger partial charge in [0.25, 0.3) is 0 Å². The van der Waals surface area contributed by atoms with Crippen molar-refractivity contribution in [1.82, 2.24) is 0 Å². The van der Waals surface area contributed by atoms with Crippen molar-refractivity contribution in [3.05, 3.63) is 211 Å². The molecule has 3 heterocycles. The average molecular weight is 903 g/mol. The molecule has 0 atom stereocenters. The second-order valence-electron chi connectivity index (χ2n) is 18.1. The molecule has 0 N–H and O–H groups in total. The summed E-state index contributed by atoms with van der Waals surface area (Å²) in [7, 11) is 0. The summed E-state index contributed by atoms with van der Waals surface area (Å²) in [5.74, 6) is 0. The minimum atomic E-state index is 1.02. The highest BCUT2D eigenvalue weighted by molar-refractivity contribution is 7.27. The zero-order valence-electron chi connectivity index (χ0n) is 36.3. The van der Waals surface area contributed by atoms with Gasteiger partial charge in [-0.05, 0) is 120 Å². The van der Waals surface area contributed by atoms with E-state index in [4.69, 9.17) is 0 Å². The van der Waals surface area contributed by atoms with E-state index in [1.807, 2.05) is 34.0 Å². The quantitative estimate of drug-likeness (QED) is 0.154. The molecule has 0 aliphatic heterocycles. The van der Waals surface area contributed by atoms with Crippen LogP contribution in [0.4, 0.5) is 0 Å². The van der Waals surface area contributed by atoms with Crippen molar-refractivity contribution in [2.24, 2.45) is 0 Å². The van der Waals surface area contributed by atoms with Gasteiger partial charge in [0.1, 0.15) is 0 Å². The van der Waals surface area contributed by atoms with E-state index in [-0.39, 0.29) is 0 Å². The highest BCUT2D eigenvalue weighted by atomic mass is 32.1. The fraction of sp³-hybridized carbons (Fsp3) is 0.0312. The minimum absolute atomic E-state index is 1.02. The predicted octanol–water partition coefficient (Wildman–Crippen LogP) is 19.9. The fourth-order valence-corrected chi connectivity index (χ4v) is 15.3. The first kappa shape index (κ1) is 37.8. The van der Waals surface area contributed by atoms with Gasteiger partial charge in [-0.2, -0.15) is 0 Å². The van der Waals surface area contributed by atoms with Crippen molar-refractivity contribution in [1.29, 1.82) is 0 Å². The Morgan fingerprint density at radius 2 is 0.761 bits per heavy atom. The van der Waals surface area contributed by atoms with Crippen molar-refractivity contribution in [2.75, 3.05) is 0 Å².